The van der Waals surface area contributed by atoms with Crippen molar-refractivity contribution in [2.24, 2.45) is 0 Å². The smallest absolute Gasteiger partial charge is 0.127 e. The zero-order valence-electron chi connectivity index (χ0n) is 13.7. The van der Waals surface area contributed by atoms with E-state index in [2.05, 4.69) is 39.2 Å². The summed E-state index contributed by atoms with van der Waals surface area (Å²) in [4.78, 5) is 0. The van der Waals surface area contributed by atoms with E-state index in [1.807, 2.05) is 0 Å². The molecule has 0 rings (SSSR count). The van der Waals surface area contributed by atoms with Gasteiger partial charge < -0.3 is 4.57 Å². The van der Waals surface area contributed by atoms with Gasteiger partial charge in [-0.2, -0.15) is 0 Å². The Morgan fingerprint density at radius 2 is 1.00 bits per heavy atom. The maximum atomic E-state index is 2.96. The first-order chi connectivity index (χ1) is 8.70. The van der Waals surface area contributed by atoms with E-state index in [0.29, 0.717) is 0 Å². The van der Waals surface area contributed by atoms with E-state index in [0.717, 1.165) is 0 Å². The molecule has 18 heavy (non-hydrogen) atoms. The standard InChI is InChI=1S/C16H37NSi/c1-6-11-13-15-17(16-14-12-7-2)18(8-3,9-4)10-5/h6-16H2,1-5H3. The SMILES string of the molecule is CCCCCN(CCCCC)[Si](CC)(CC)CC. The van der Waals surface area contributed by atoms with E-state index < -0.39 is 8.24 Å². The van der Waals surface area contributed by atoms with Crippen LogP contribution in [0.3, 0.4) is 0 Å². The van der Waals surface area contributed by atoms with Crippen molar-refractivity contribution in [1.29, 1.82) is 0 Å². The Hall–Kier alpha value is 0.177. The van der Waals surface area contributed by atoms with Gasteiger partial charge in [0, 0.05) is 0 Å². The molecule has 0 spiro atoms. The number of hydrogen-bond donors (Lipinski definition) is 0. The molecule has 0 aliphatic rings. The first kappa shape index (κ1) is 18.2. The van der Waals surface area contributed by atoms with Crippen LogP contribution in [0.2, 0.25) is 18.1 Å². The second-order valence-electron chi connectivity index (χ2n) is 5.69. The van der Waals surface area contributed by atoms with Crippen molar-refractivity contribution < 1.29 is 0 Å². The Labute approximate surface area is 117 Å². The zero-order chi connectivity index (χ0) is 13.9. The first-order valence-corrected chi connectivity index (χ1v) is 11.0. The van der Waals surface area contributed by atoms with E-state index in [1.54, 1.807) is 0 Å². The van der Waals surface area contributed by atoms with Crippen molar-refractivity contribution >= 4 is 8.24 Å². The zero-order valence-corrected chi connectivity index (χ0v) is 14.7. The predicted octanol–water partition coefficient (Wildman–Crippen LogP) is 5.67. The molecule has 0 N–H and O–H groups in total. The highest BCUT2D eigenvalue weighted by Gasteiger charge is 2.33. The van der Waals surface area contributed by atoms with Gasteiger partial charge in [0.2, 0.25) is 0 Å². The normalized spacial score (nSPS) is 12.3. The molecule has 0 aliphatic carbocycles. The lowest BCUT2D eigenvalue weighted by molar-refractivity contribution is 0.385. The van der Waals surface area contributed by atoms with Crippen LogP contribution in [-0.2, 0) is 0 Å². The Kier molecular flexibility index (Phi) is 11.1. The third kappa shape index (κ3) is 5.88. The van der Waals surface area contributed by atoms with Crippen LogP contribution >= 0.6 is 0 Å². The van der Waals surface area contributed by atoms with E-state index in [1.165, 1.54) is 69.7 Å². The third-order valence-corrected chi connectivity index (χ3v) is 10.4. The molecule has 0 aliphatic heterocycles. The molecule has 2 heteroatoms. The Bertz CT molecular complexity index is 160. The molecule has 0 saturated carbocycles. The Morgan fingerprint density at radius 3 is 1.28 bits per heavy atom. The highest BCUT2D eigenvalue weighted by molar-refractivity contribution is 6.77. The van der Waals surface area contributed by atoms with E-state index in [-0.39, 0.29) is 0 Å². The maximum Gasteiger partial charge on any atom is 0.127 e. The molecule has 0 saturated heterocycles. The van der Waals surface area contributed by atoms with Gasteiger partial charge in [0.15, 0.2) is 0 Å². The molecule has 1 nitrogen and oxygen atoms in total. The molecule has 110 valence electrons. The fourth-order valence-corrected chi connectivity index (χ4v) is 7.22. The molecule has 0 aromatic heterocycles. The van der Waals surface area contributed by atoms with Gasteiger partial charge in [-0.3, -0.25) is 0 Å². The van der Waals surface area contributed by atoms with E-state index in [4.69, 9.17) is 0 Å². The average Bonchev–Trinajstić information content (AvgIpc) is 2.41. The Morgan fingerprint density at radius 1 is 0.611 bits per heavy atom. The molecule has 0 aromatic carbocycles. The Balaban J connectivity index is 4.48. The van der Waals surface area contributed by atoms with Crippen molar-refractivity contribution in [1.82, 2.24) is 4.57 Å². The van der Waals surface area contributed by atoms with Crippen molar-refractivity contribution in [2.75, 3.05) is 13.1 Å². The van der Waals surface area contributed by atoms with Crippen LogP contribution in [0.4, 0.5) is 0 Å². The third-order valence-electron chi connectivity index (χ3n) is 4.71. The maximum absolute atomic E-state index is 2.96. The summed E-state index contributed by atoms with van der Waals surface area (Å²) >= 11 is 0. The summed E-state index contributed by atoms with van der Waals surface area (Å²) < 4.78 is 2.96. The van der Waals surface area contributed by atoms with Crippen molar-refractivity contribution in [3.63, 3.8) is 0 Å². The number of rotatable bonds is 12. The first-order valence-electron chi connectivity index (χ1n) is 8.45. The molecule has 0 amide bonds. The van der Waals surface area contributed by atoms with Crippen LogP contribution in [-0.4, -0.2) is 25.9 Å². The van der Waals surface area contributed by atoms with E-state index >= 15 is 0 Å². The molecule has 0 radical (unpaired) electrons. The summed E-state index contributed by atoms with van der Waals surface area (Å²) in [5.74, 6) is 0. The minimum Gasteiger partial charge on any atom is -0.323 e. The minimum atomic E-state index is -1.11. The van der Waals surface area contributed by atoms with Gasteiger partial charge in [-0.15, -0.1) is 0 Å². The molecule has 0 atom stereocenters. The minimum absolute atomic E-state index is 1.11. The van der Waals surface area contributed by atoms with Gasteiger partial charge in [0.25, 0.3) is 0 Å². The fraction of sp³-hybridized carbons (Fsp3) is 1.00. The van der Waals surface area contributed by atoms with Crippen LogP contribution in [0.25, 0.3) is 0 Å². The predicted molar refractivity (Wildman–Crippen MR) is 87.8 cm³/mol. The fourth-order valence-electron chi connectivity index (χ4n) is 3.11. The summed E-state index contributed by atoms with van der Waals surface area (Å²) in [7, 11) is -1.11. The monoisotopic (exact) mass is 271 g/mol. The van der Waals surface area contributed by atoms with Gasteiger partial charge in [0.1, 0.15) is 8.24 Å². The molecule has 0 fully saturated rings. The lowest BCUT2D eigenvalue weighted by Gasteiger charge is -2.41. The lowest BCUT2D eigenvalue weighted by atomic mass is 10.2. The second kappa shape index (κ2) is 11.0. The largest absolute Gasteiger partial charge is 0.323 e. The van der Waals surface area contributed by atoms with Gasteiger partial charge in [0.05, 0.1) is 0 Å². The number of hydrogen-bond acceptors (Lipinski definition) is 1. The molecule has 0 aromatic rings. The van der Waals surface area contributed by atoms with Gasteiger partial charge in [-0.05, 0) is 44.1 Å². The van der Waals surface area contributed by atoms with Crippen LogP contribution in [0.15, 0.2) is 0 Å². The summed E-state index contributed by atoms with van der Waals surface area (Å²) in [5, 5.41) is 0. The quantitative estimate of drug-likeness (QED) is 0.326. The van der Waals surface area contributed by atoms with Crippen LogP contribution in [0, 0.1) is 0 Å². The van der Waals surface area contributed by atoms with E-state index in [9.17, 15) is 0 Å². The topological polar surface area (TPSA) is 3.24 Å². The highest BCUT2D eigenvalue weighted by atomic mass is 28.3. The van der Waals surface area contributed by atoms with Gasteiger partial charge in [-0.25, -0.2) is 0 Å². The molecule has 0 heterocycles. The number of nitrogens with zero attached hydrogens (tertiary/aromatic N) is 1. The lowest BCUT2D eigenvalue weighted by Crippen LogP contribution is -2.52. The molecular formula is C16H37NSi. The number of unbranched alkanes of at least 4 members (excludes halogenated alkanes) is 4. The van der Waals surface area contributed by atoms with Gasteiger partial charge in [-0.1, -0.05) is 60.3 Å². The van der Waals surface area contributed by atoms with Gasteiger partial charge >= 0.3 is 0 Å². The average molecular weight is 272 g/mol. The summed E-state index contributed by atoms with van der Waals surface area (Å²) in [6.45, 7) is 14.7. The summed E-state index contributed by atoms with van der Waals surface area (Å²) in [6, 6.07) is 4.33. The van der Waals surface area contributed by atoms with Crippen molar-refractivity contribution in [3.05, 3.63) is 0 Å². The van der Waals surface area contributed by atoms with Crippen LogP contribution < -0.4 is 0 Å². The van der Waals surface area contributed by atoms with Crippen molar-refractivity contribution in [2.45, 2.75) is 91.3 Å². The molecular weight excluding hydrogens is 234 g/mol. The summed E-state index contributed by atoms with van der Waals surface area (Å²) in [5.41, 5.74) is 0. The summed E-state index contributed by atoms with van der Waals surface area (Å²) in [6.07, 6.45) is 8.34. The van der Waals surface area contributed by atoms with Crippen molar-refractivity contribution in [3.8, 4) is 0 Å². The molecule has 0 bridgehead atoms. The molecule has 0 unspecified atom stereocenters. The highest BCUT2D eigenvalue weighted by Crippen LogP contribution is 2.26. The van der Waals surface area contributed by atoms with Crippen LogP contribution in [0.5, 0.6) is 0 Å². The second-order valence-corrected chi connectivity index (χ2v) is 10.9. The van der Waals surface area contributed by atoms with Crippen LogP contribution in [0.1, 0.15) is 73.1 Å².